The molecule has 3 rings (SSSR count). The summed E-state index contributed by atoms with van der Waals surface area (Å²) in [6, 6.07) is 14.9. The minimum atomic E-state index is -0.356. The lowest BCUT2D eigenvalue weighted by atomic mass is 10.2. The van der Waals surface area contributed by atoms with Crippen LogP contribution in [0.2, 0.25) is 0 Å². The molecule has 0 atom stereocenters. The van der Waals surface area contributed by atoms with Gasteiger partial charge in [-0.15, -0.1) is 0 Å². The van der Waals surface area contributed by atoms with Crippen LogP contribution in [0.25, 0.3) is 6.08 Å². The van der Waals surface area contributed by atoms with E-state index in [2.05, 4.69) is 21.2 Å². The maximum Gasteiger partial charge on any atom is 0.293 e. The number of carbonyl (C=O) groups excluding carboxylic acids is 3. The number of ether oxygens (including phenoxy) is 1. The largest absolute Gasteiger partial charge is 0.484 e. The molecule has 0 radical (unpaired) electrons. The Balaban J connectivity index is 1.48. The number of rotatable bonds is 7. The second-order valence-corrected chi connectivity index (χ2v) is 8.25. The Morgan fingerprint density at radius 3 is 2.76 bits per heavy atom. The lowest BCUT2D eigenvalue weighted by molar-refractivity contribution is -0.125. The van der Waals surface area contributed by atoms with Crippen molar-refractivity contribution in [3.8, 4) is 5.75 Å². The van der Waals surface area contributed by atoms with E-state index in [0.717, 1.165) is 32.3 Å². The highest BCUT2D eigenvalue weighted by atomic mass is 79.9. The van der Waals surface area contributed by atoms with Crippen LogP contribution < -0.4 is 10.1 Å². The summed E-state index contributed by atoms with van der Waals surface area (Å²) in [5.74, 6) is -0.0582. The third-order valence-electron chi connectivity index (χ3n) is 4.04. The zero-order chi connectivity index (χ0) is 20.8. The molecule has 1 N–H and O–H groups in total. The van der Waals surface area contributed by atoms with E-state index in [9.17, 15) is 14.4 Å². The Hall–Kier alpha value is -2.58. The Labute approximate surface area is 181 Å². The number of carbonyl (C=O) groups is 3. The molecule has 0 unspecified atom stereocenters. The smallest absolute Gasteiger partial charge is 0.293 e. The monoisotopic (exact) mass is 474 g/mol. The Bertz CT molecular complexity index is 977. The van der Waals surface area contributed by atoms with Gasteiger partial charge in [0.05, 0.1) is 4.91 Å². The highest BCUT2D eigenvalue weighted by Gasteiger charge is 2.34. The van der Waals surface area contributed by atoms with E-state index in [4.69, 9.17) is 4.74 Å². The maximum absolute atomic E-state index is 12.5. The molecule has 3 amide bonds. The third-order valence-corrected chi connectivity index (χ3v) is 5.44. The predicted octanol–water partition coefficient (Wildman–Crippen LogP) is 3.99. The summed E-state index contributed by atoms with van der Waals surface area (Å²) < 4.78 is 6.32. The number of hydrogen-bond donors (Lipinski definition) is 1. The number of amides is 3. The molecule has 0 saturated carbocycles. The molecule has 1 heterocycles. The molecule has 8 heteroatoms. The van der Waals surface area contributed by atoms with Gasteiger partial charge in [0.1, 0.15) is 5.75 Å². The van der Waals surface area contributed by atoms with Crippen LogP contribution in [-0.2, 0) is 9.59 Å². The standard InChI is InChI=1S/C21H19BrN2O4S/c1-14-4-2-7-17(10-14)28-13-19(25)23-8-9-24-20(26)18(29-21(24)27)12-15-5-3-6-16(22)11-15/h2-7,10-12H,8-9,13H2,1H3,(H,23,25)/b18-12+. The lowest BCUT2D eigenvalue weighted by Crippen LogP contribution is -2.38. The SMILES string of the molecule is Cc1cccc(OCC(=O)NCCN2C(=O)S/C(=C/c3cccc(Br)c3)C2=O)c1. The molecule has 0 bridgehead atoms. The van der Waals surface area contributed by atoms with E-state index < -0.39 is 0 Å². The quantitative estimate of drug-likeness (QED) is 0.613. The average Bonchev–Trinajstić information content (AvgIpc) is 2.94. The predicted molar refractivity (Wildman–Crippen MR) is 117 cm³/mol. The van der Waals surface area contributed by atoms with Gasteiger partial charge in [0.15, 0.2) is 6.61 Å². The van der Waals surface area contributed by atoms with Crippen molar-refractivity contribution in [3.05, 3.63) is 69.0 Å². The third kappa shape index (κ3) is 5.95. The van der Waals surface area contributed by atoms with Crippen molar-refractivity contribution in [2.45, 2.75) is 6.92 Å². The molecule has 6 nitrogen and oxygen atoms in total. The maximum atomic E-state index is 12.5. The molecule has 150 valence electrons. The van der Waals surface area contributed by atoms with Crippen LogP contribution in [-0.4, -0.2) is 41.6 Å². The number of nitrogens with one attached hydrogen (secondary N) is 1. The first-order valence-corrected chi connectivity index (χ1v) is 10.5. The molecule has 1 fully saturated rings. The van der Waals surface area contributed by atoms with Crippen molar-refractivity contribution >= 4 is 50.8 Å². The second kappa shape index (κ2) is 9.76. The summed E-state index contributed by atoms with van der Waals surface area (Å²) in [4.78, 5) is 38.1. The van der Waals surface area contributed by atoms with Crippen molar-refractivity contribution in [1.29, 1.82) is 0 Å². The number of imide groups is 1. The van der Waals surface area contributed by atoms with Crippen molar-refractivity contribution < 1.29 is 19.1 Å². The van der Waals surface area contributed by atoms with Gasteiger partial charge in [0.25, 0.3) is 17.1 Å². The number of halogens is 1. The summed E-state index contributed by atoms with van der Waals surface area (Å²) in [6.07, 6.45) is 1.68. The average molecular weight is 475 g/mol. The molecule has 2 aromatic carbocycles. The zero-order valence-electron chi connectivity index (χ0n) is 15.7. The number of hydrogen-bond acceptors (Lipinski definition) is 5. The Morgan fingerprint density at radius 2 is 2.00 bits per heavy atom. The molecule has 1 saturated heterocycles. The van der Waals surface area contributed by atoms with Gasteiger partial charge in [-0.3, -0.25) is 19.3 Å². The van der Waals surface area contributed by atoms with E-state index in [1.54, 1.807) is 12.1 Å². The van der Waals surface area contributed by atoms with Gasteiger partial charge in [0, 0.05) is 17.6 Å². The minimum Gasteiger partial charge on any atom is -0.484 e. The summed E-state index contributed by atoms with van der Waals surface area (Å²) in [7, 11) is 0. The van der Waals surface area contributed by atoms with Crippen LogP contribution in [0.3, 0.4) is 0 Å². The van der Waals surface area contributed by atoms with Crippen LogP contribution in [0.4, 0.5) is 4.79 Å². The van der Waals surface area contributed by atoms with E-state index in [-0.39, 0.29) is 36.7 Å². The van der Waals surface area contributed by atoms with Crippen LogP contribution in [0.1, 0.15) is 11.1 Å². The summed E-state index contributed by atoms with van der Waals surface area (Å²) in [5.41, 5.74) is 1.87. The van der Waals surface area contributed by atoms with E-state index >= 15 is 0 Å². The first kappa shape index (κ1) is 21.1. The van der Waals surface area contributed by atoms with Crippen molar-refractivity contribution in [2.75, 3.05) is 19.7 Å². The number of thioether (sulfide) groups is 1. The van der Waals surface area contributed by atoms with Crippen molar-refractivity contribution in [3.63, 3.8) is 0 Å². The second-order valence-electron chi connectivity index (χ2n) is 6.34. The first-order valence-electron chi connectivity index (χ1n) is 8.89. The first-order chi connectivity index (χ1) is 13.9. The fourth-order valence-electron chi connectivity index (χ4n) is 2.65. The van der Waals surface area contributed by atoms with Crippen LogP contribution in [0.15, 0.2) is 57.9 Å². The summed E-state index contributed by atoms with van der Waals surface area (Å²) in [6.45, 7) is 2.08. The minimum absolute atomic E-state index is 0.108. The highest BCUT2D eigenvalue weighted by Crippen LogP contribution is 2.32. The van der Waals surface area contributed by atoms with Crippen molar-refractivity contribution in [2.24, 2.45) is 0 Å². The summed E-state index contributed by atoms with van der Waals surface area (Å²) in [5, 5.41) is 2.32. The van der Waals surface area contributed by atoms with Gasteiger partial charge in [-0.05, 0) is 60.2 Å². The van der Waals surface area contributed by atoms with Crippen molar-refractivity contribution in [1.82, 2.24) is 10.2 Å². The molecule has 29 heavy (non-hydrogen) atoms. The molecule has 2 aromatic rings. The molecular formula is C21H19BrN2O4S. The molecule has 1 aliphatic rings. The topological polar surface area (TPSA) is 75.7 Å². The van der Waals surface area contributed by atoms with Crippen LogP contribution in [0, 0.1) is 6.92 Å². The molecule has 0 aromatic heterocycles. The Kier molecular flexibility index (Phi) is 7.11. The van der Waals surface area contributed by atoms with Gasteiger partial charge >= 0.3 is 0 Å². The number of benzene rings is 2. The Morgan fingerprint density at radius 1 is 1.21 bits per heavy atom. The van der Waals surface area contributed by atoms with E-state index in [1.807, 2.05) is 49.4 Å². The number of aryl methyl sites for hydroxylation is 1. The molecule has 1 aliphatic heterocycles. The number of nitrogens with zero attached hydrogens (tertiary/aromatic N) is 1. The fourth-order valence-corrected chi connectivity index (χ4v) is 3.93. The van der Waals surface area contributed by atoms with Gasteiger partial charge in [-0.25, -0.2) is 0 Å². The lowest BCUT2D eigenvalue weighted by Gasteiger charge is -2.13. The van der Waals surface area contributed by atoms with Gasteiger partial charge in [-0.1, -0.05) is 40.2 Å². The van der Waals surface area contributed by atoms with Gasteiger partial charge < -0.3 is 10.1 Å². The molecule has 0 aliphatic carbocycles. The van der Waals surface area contributed by atoms with Gasteiger partial charge in [-0.2, -0.15) is 0 Å². The highest BCUT2D eigenvalue weighted by molar-refractivity contribution is 9.10. The van der Waals surface area contributed by atoms with Crippen LogP contribution in [0.5, 0.6) is 5.75 Å². The fraction of sp³-hybridized carbons (Fsp3) is 0.190. The normalized spacial score (nSPS) is 15.1. The van der Waals surface area contributed by atoms with Crippen LogP contribution >= 0.6 is 27.7 Å². The zero-order valence-corrected chi connectivity index (χ0v) is 18.1. The molecular weight excluding hydrogens is 456 g/mol. The summed E-state index contributed by atoms with van der Waals surface area (Å²) >= 11 is 4.28. The van der Waals surface area contributed by atoms with Gasteiger partial charge in [0.2, 0.25) is 0 Å². The van der Waals surface area contributed by atoms with E-state index in [0.29, 0.717) is 10.7 Å². The van der Waals surface area contributed by atoms with E-state index in [1.165, 1.54) is 0 Å². The molecule has 0 spiro atoms.